The quantitative estimate of drug-likeness (QED) is 0.128. The van der Waals surface area contributed by atoms with E-state index < -0.39 is 0 Å². The van der Waals surface area contributed by atoms with E-state index in [2.05, 4.69) is 318 Å². The molecule has 2 aliphatic carbocycles. The lowest BCUT2D eigenvalue weighted by atomic mass is 9.76. The second-order valence-corrected chi connectivity index (χ2v) is 21.3. The Hall–Kier alpha value is -9.64. The molecule has 0 amide bonds. The number of allylic oxidation sites excluding steroid dienone is 7. The van der Waals surface area contributed by atoms with E-state index >= 15 is 0 Å². The number of nitrogens with zero attached hydrogens (tertiary/aromatic N) is 4. The summed E-state index contributed by atoms with van der Waals surface area (Å²) in [5, 5.41) is 4.91. The molecule has 0 saturated carbocycles. The highest BCUT2D eigenvalue weighted by Gasteiger charge is 2.29. The van der Waals surface area contributed by atoms with Gasteiger partial charge in [0.15, 0.2) is 0 Å². The second-order valence-electron chi connectivity index (χ2n) is 21.3. The maximum Gasteiger partial charge on any atom is 0.0542 e. The summed E-state index contributed by atoms with van der Waals surface area (Å²) in [6, 6.07) is 91.0. The molecule has 0 aliphatic heterocycles. The molecule has 0 N–H and O–H groups in total. The fraction of sp³-hybridized carbons (Fsp3) is 0.0811. The molecule has 2 aromatic heterocycles. The number of hydrogen-bond donors (Lipinski definition) is 0. The summed E-state index contributed by atoms with van der Waals surface area (Å²) in [5.41, 5.74) is 19.7. The molecule has 12 aromatic rings. The van der Waals surface area contributed by atoms with Crippen LogP contribution < -0.4 is 9.80 Å². The van der Waals surface area contributed by atoms with Gasteiger partial charge in [0.05, 0.1) is 22.1 Å². The number of rotatable bonds is 11. The minimum absolute atomic E-state index is 0.244. The second kappa shape index (κ2) is 19.5. The maximum atomic E-state index is 2.44. The van der Waals surface area contributed by atoms with Crippen molar-refractivity contribution in [3.05, 3.63) is 302 Å². The molecule has 10 aromatic carbocycles. The van der Waals surface area contributed by atoms with Gasteiger partial charge >= 0.3 is 0 Å². The SMILES string of the molecule is CC1C=C(c2cccc(N(c3ccc(C4(C)C=CC(N(c5cccc(-c6ccccc6)c5)c5ccc6c(c5)c5ccccc5n6-c5ccccc5)=CC4)cc3)c3ccc4c(c3)c3ccccc3n4-c3ccccc3)c2)C=CC1. The topological polar surface area (TPSA) is 16.3 Å². The van der Waals surface area contributed by atoms with Crippen molar-refractivity contribution in [1.82, 2.24) is 9.13 Å². The van der Waals surface area contributed by atoms with Crippen molar-refractivity contribution < 1.29 is 0 Å². The van der Waals surface area contributed by atoms with Crippen LogP contribution in [0.3, 0.4) is 0 Å². The van der Waals surface area contributed by atoms with Gasteiger partial charge in [-0.15, -0.1) is 0 Å². The third kappa shape index (κ3) is 8.34. The first-order valence-electron chi connectivity index (χ1n) is 27.4. The third-order valence-electron chi connectivity index (χ3n) is 16.2. The molecule has 2 atom stereocenters. The Kier molecular flexibility index (Phi) is 11.7. The molecule has 2 unspecified atom stereocenters. The number of fused-ring (bicyclic) bond motifs is 6. The van der Waals surface area contributed by atoms with Crippen LogP contribution in [0.2, 0.25) is 0 Å². The van der Waals surface area contributed by atoms with Crippen LogP contribution in [0.1, 0.15) is 37.8 Å². The van der Waals surface area contributed by atoms with Crippen molar-refractivity contribution in [2.75, 3.05) is 9.80 Å². The monoisotopic (exact) mass is 1000 g/mol. The van der Waals surface area contributed by atoms with Crippen LogP contribution in [-0.4, -0.2) is 9.13 Å². The van der Waals surface area contributed by atoms with Crippen LogP contribution in [0.15, 0.2) is 291 Å². The Balaban J connectivity index is 0.844. The van der Waals surface area contributed by atoms with Crippen LogP contribution >= 0.6 is 0 Å². The van der Waals surface area contributed by atoms with Crippen molar-refractivity contribution in [2.45, 2.75) is 32.1 Å². The standard InChI is InChI=1S/C74H58N4/c1-52-19-16-22-54(47-52)56-24-18-30-63(49-56)75(64-39-41-72-68(50-64)66-31-12-14-33-70(66)77(72)58-25-8-4-9-26-58)60-37-35-57(36-38-60)74(2)45-43-61(44-46-74)76(62-29-17-23-55(48-62)53-20-6-3-7-21-53)65-40-42-73-69(51-65)67-32-13-15-34-71(67)78(73)59-27-10-5-11-28-59/h3-18,20-45,47-52H,19,46H2,1-2H3. The van der Waals surface area contributed by atoms with Crippen LogP contribution in [0.5, 0.6) is 0 Å². The van der Waals surface area contributed by atoms with E-state index in [4.69, 9.17) is 0 Å². The summed E-state index contributed by atoms with van der Waals surface area (Å²) in [5.74, 6) is 0.500. The van der Waals surface area contributed by atoms with Crippen LogP contribution in [-0.2, 0) is 5.41 Å². The predicted molar refractivity (Wildman–Crippen MR) is 330 cm³/mol. The van der Waals surface area contributed by atoms with E-state index in [1.54, 1.807) is 0 Å². The molecular formula is C74H58N4. The largest absolute Gasteiger partial charge is 0.311 e. The van der Waals surface area contributed by atoms with Crippen LogP contribution in [0.4, 0.5) is 28.4 Å². The summed E-state index contributed by atoms with van der Waals surface area (Å²) in [6.07, 6.45) is 16.1. The van der Waals surface area contributed by atoms with Gasteiger partial charge < -0.3 is 18.9 Å². The summed E-state index contributed by atoms with van der Waals surface area (Å²) in [7, 11) is 0. The molecule has 2 aliphatic rings. The smallest absolute Gasteiger partial charge is 0.0542 e. The average Bonchev–Trinajstić information content (AvgIpc) is 4.04. The Morgan fingerprint density at radius 2 is 0.897 bits per heavy atom. The van der Waals surface area contributed by atoms with Gasteiger partial charge in [0.1, 0.15) is 0 Å². The Morgan fingerprint density at radius 3 is 1.49 bits per heavy atom. The normalized spacial score (nSPS) is 16.2. The summed E-state index contributed by atoms with van der Waals surface area (Å²) < 4.78 is 4.78. The van der Waals surface area contributed by atoms with Gasteiger partial charge in [-0.05, 0) is 162 Å². The van der Waals surface area contributed by atoms with Crippen LogP contribution in [0, 0.1) is 5.92 Å². The molecule has 0 saturated heterocycles. The molecule has 4 heteroatoms. The number of benzene rings is 10. The average molecular weight is 1000 g/mol. The van der Waals surface area contributed by atoms with E-state index in [0.717, 1.165) is 58.4 Å². The van der Waals surface area contributed by atoms with E-state index in [1.807, 2.05) is 0 Å². The molecule has 78 heavy (non-hydrogen) atoms. The Bertz CT molecular complexity index is 4350. The van der Waals surface area contributed by atoms with Gasteiger partial charge in [0, 0.05) is 72.5 Å². The van der Waals surface area contributed by atoms with Crippen molar-refractivity contribution in [1.29, 1.82) is 0 Å². The molecule has 0 radical (unpaired) electrons. The number of para-hydroxylation sites is 4. The summed E-state index contributed by atoms with van der Waals surface area (Å²) in [4.78, 5) is 4.88. The first kappa shape index (κ1) is 46.9. The maximum absolute atomic E-state index is 2.44. The first-order chi connectivity index (χ1) is 38.4. The lowest BCUT2D eigenvalue weighted by Gasteiger charge is -2.34. The molecule has 0 bridgehead atoms. The number of aromatic nitrogens is 2. The van der Waals surface area contributed by atoms with Gasteiger partial charge in [-0.25, -0.2) is 0 Å². The zero-order chi connectivity index (χ0) is 52.2. The summed E-state index contributed by atoms with van der Waals surface area (Å²) in [6.45, 7) is 4.68. The van der Waals surface area contributed by atoms with Crippen molar-refractivity contribution in [3.63, 3.8) is 0 Å². The summed E-state index contributed by atoms with van der Waals surface area (Å²) >= 11 is 0. The molecule has 2 heterocycles. The number of anilines is 5. The van der Waals surface area contributed by atoms with Crippen molar-refractivity contribution >= 4 is 77.6 Å². The van der Waals surface area contributed by atoms with Crippen molar-refractivity contribution in [2.24, 2.45) is 5.92 Å². The molecule has 0 fully saturated rings. The van der Waals surface area contributed by atoms with E-state index in [9.17, 15) is 0 Å². The molecule has 4 nitrogen and oxygen atoms in total. The van der Waals surface area contributed by atoms with Gasteiger partial charge in [0.25, 0.3) is 0 Å². The Labute approximate surface area is 456 Å². The van der Waals surface area contributed by atoms with Crippen molar-refractivity contribution in [3.8, 4) is 22.5 Å². The van der Waals surface area contributed by atoms with Crippen LogP contribution in [0.25, 0.3) is 71.7 Å². The fourth-order valence-corrected chi connectivity index (χ4v) is 12.2. The number of hydrogen-bond acceptors (Lipinski definition) is 2. The van der Waals surface area contributed by atoms with E-state index in [0.29, 0.717) is 5.92 Å². The lowest BCUT2D eigenvalue weighted by molar-refractivity contribution is 0.595. The molecule has 14 rings (SSSR count). The first-order valence-corrected chi connectivity index (χ1v) is 27.4. The van der Waals surface area contributed by atoms with E-state index in [1.165, 1.54) is 71.4 Å². The molecular weight excluding hydrogens is 945 g/mol. The van der Waals surface area contributed by atoms with Gasteiger partial charge in [-0.2, -0.15) is 0 Å². The van der Waals surface area contributed by atoms with Gasteiger partial charge in [-0.1, -0.05) is 184 Å². The minimum atomic E-state index is -0.244. The highest BCUT2D eigenvalue weighted by atomic mass is 15.2. The highest BCUT2D eigenvalue weighted by Crippen LogP contribution is 2.45. The minimum Gasteiger partial charge on any atom is -0.311 e. The highest BCUT2D eigenvalue weighted by molar-refractivity contribution is 6.12. The zero-order valence-corrected chi connectivity index (χ0v) is 43.9. The molecule has 0 spiro atoms. The third-order valence-corrected chi connectivity index (χ3v) is 16.2. The molecule has 374 valence electrons. The van der Waals surface area contributed by atoms with E-state index in [-0.39, 0.29) is 5.41 Å². The fourth-order valence-electron chi connectivity index (χ4n) is 12.2. The Morgan fingerprint density at radius 1 is 0.410 bits per heavy atom. The zero-order valence-electron chi connectivity index (χ0n) is 43.9. The lowest BCUT2D eigenvalue weighted by Crippen LogP contribution is -2.24. The predicted octanol–water partition coefficient (Wildman–Crippen LogP) is 19.9. The van der Waals surface area contributed by atoms with Gasteiger partial charge in [0.2, 0.25) is 0 Å². The van der Waals surface area contributed by atoms with Gasteiger partial charge in [-0.3, -0.25) is 0 Å².